The number of hydrogen-bond acceptors (Lipinski definition) is 3. The zero-order valence-electron chi connectivity index (χ0n) is 13.7. The van der Waals surface area contributed by atoms with E-state index in [4.69, 9.17) is 4.74 Å². The van der Waals surface area contributed by atoms with Crippen LogP contribution in [0.5, 0.6) is 0 Å². The summed E-state index contributed by atoms with van der Waals surface area (Å²) in [4.78, 5) is 12.4. The number of rotatable bonds is 7. The van der Waals surface area contributed by atoms with Gasteiger partial charge in [-0.3, -0.25) is 0 Å². The number of carbonyl (C=O) groups excluding carboxylic acids is 1. The van der Waals surface area contributed by atoms with Crippen molar-refractivity contribution in [2.24, 2.45) is 0 Å². The third-order valence-corrected chi connectivity index (χ3v) is 4.28. The van der Waals surface area contributed by atoms with Gasteiger partial charge in [0.25, 0.3) is 0 Å². The zero-order chi connectivity index (χ0) is 16.7. The Morgan fingerprint density at radius 3 is 2.22 bits per heavy atom. The zero-order valence-corrected chi connectivity index (χ0v) is 13.7. The molecule has 0 amide bonds. The molecule has 0 aliphatic heterocycles. The van der Waals surface area contributed by atoms with Crippen LogP contribution in [0.4, 0.5) is 0 Å². The Balaban J connectivity index is 2.23. The first-order valence-corrected chi connectivity index (χ1v) is 8.06. The SMILES string of the molecule is CCOC(=O)[C@@](O)(CCc1ccccc1)[C@H](C)c1ccccc1. The van der Waals surface area contributed by atoms with Crippen molar-refractivity contribution in [1.29, 1.82) is 0 Å². The van der Waals surface area contributed by atoms with E-state index in [2.05, 4.69) is 0 Å². The second kappa shape index (κ2) is 7.93. The molecule has 3 nitrogen and oxygen atoms in total. The summed E-state index contributed by atoms with van der Waals surface area (Å²) in [5.74, 6) is -0.890. The number of hydrogen-bond donors (Lipinski definition) is 1. The summed E-state index contributed by atoms with van der Waals surface area (Å²) in [6.45, 7) is 3.88. The van der Waals surface area contributed by atoms with Crippen LogP contribution in [-0.2, 0) is 16.0 Å². The third-order valence-electron chi connectivity index (χ3n) is 4.28. The molecule has 0 unspecified atom stereocenters. The first-order valence-electron chi connectivity index (χ1n) is 8.06. The van der Waals surface area contributed by atoms with E-state index in [0.29, 0.717) is 12.8 Å². The molecule has 0 aliphatic carbocycles. The van der Waals surface area contributed by atoms with Gasteiger partial charge in [0, 0.05) is 5.92 Å². The van der Waals surface area contributed by atoms with Crippen molar-refractivity contribution in [3.05, 3.63) is 71.8 Å². The van der Waals surface area contributed by atoms with Crippen LogP contribution in [0.25, 0.3) is 0 Å². The maximum Gasteiger partial charge on any atom is 0.338 e. The van der Waals surface area contributed by atoms with E-state index in [-0.39, 0.29) is 12.5 Å². The van der Waals surface area contributed by atoms with Crippen LogP contribution in [0.2, 0.25) is 0 Å². The fourth-order valence-corrected chi connectivity index (χ4v) is 2.75. The van der Waals surface area contributed by atoms with Gasteiger partial charge < -0.3 is 9.84 Å². The number of ether oxygens (including phenoxy) is 1. The van der Waals surface area contributed by atoms with Gasteiger partial charge in [0.2, 0.25) is 0 Å². The predicted octanol–water partition coefficient (Wildman–Crippen LogP) is 3.72. The monoisotopic (exact) mass is 312 g/mol. The summed E-state index contributed by atoms with van der Waals surface area (Å²) < 4.78 is 5.15. The molecule has 0 aliphatic rings. The lowest BCUT2D eigenvalue weighted by Gasteiger charge is -2.32. The molecule has 0 saturated carbocycles. The fraction of sp³-hybridized carbons (Fsp3) is 0.350. The Hall–Kier alpha value is -2.13. The topological polar surface area (TPSA) is 46.5 Å². The van der Waals surface area contributed by atoms with Gasteiger partial charge in [-0.15, -0.1) is 0 Å². The Labute approximate surface area is 137 Å². The maximum atomic E-state index is 12.4. The number of benzene rings is 2. The summed E-state index contributed by atoms with van der Waals surface area (Å²) in [7, 11) is 0. The van der Waals surface area contributed by atoms with Crippen LogP contribution in [-0.4, -0.2) is 23.3 Å². The first-order chi connectivity index (χ1) is 11.1. The minimum Gasteiger partial charge on any atom is -0.464 e. The highest BCUT2D eigenvalue weighted by Gasteiger charge is 2.43. The van der Waals surface area contributed by atoms with Crippen LogP contribution >= 0.6 is 0 Å². The lowest BCUT2D eigenvalue weighted by molar-refractivity contribution is -0.168. The highest BCUT2D eigenvalue weighted by Crippen LogP contribution is 2.33. The lowest BCUT2D eigenvalue weighted by atomic mass is 9.79. The molecule has 0 radical (unpaired) electrons. The maximum absolute atomic E-state index is 12.4. The van der Waals surface area contributed by atoms with Gasteiger partial charge in [0.05, 0.1) is 6.61 Å². The fourth-order valence-electron chi connectivity index (χ4n) is 2.75. The number of aliphatic hydroxyl groups is 1. The number of esters is 1. The molecule has 0 spiro atoms. The van der Waals surface area contributed by atoms with Crippen molar-refractivity contribution in [3.63, 3.8) is 0 Å². The van der Waals surface area contributed by atoms with Gasteiger partial charge >= 0.3 is 5.97 Å². The minimum atomic E-state index is -1.53. The molecule has 1 N–H and O–H groups in total. The molecule has 2 aromatic carbocycles. The van der Waals surface area contributed by atoms with Crippen molar-refractivity contribution in [3.8, 4) is 0 Å². The highest BCUT2D eigenvalue weighted by atomic mass is 16.5. The molecule has 0 bridgehead atoms. The molecule has 122 valence electrons. The van der Waals surface area contributed by atoms with E-state index in [0.717, 1.165) is 11.1 Å². The van der Waals surface area contributed by atoms with Gasteiger partial charge in [-0.05, 0) is 30.9 Å². The van der Waals surface area contributed by atoms with Crippen LogP contribution in [0.15, 0.2) is 60.7 Å². The molecule has 0 saturated heterocycles. The predicted molar refractivity (Wildman–Crippen MR) is 91.2 cm³/mol. The molecule has 2 rings (SSSR count). The first kappa shape index (κ1) is 17.2. The molecule has 2 atom stereocenters. The lowest BCUT2D eigenvalue weighted by Crippen LogP contribution is -2.45. The summed E-state index contributed by atoms with van der Waals surface area (Å²) >= 11 is 0. The van der Waals surface area contributed by atoms with Crippen molar-refractivity contribution in [2.45, 2.75) is 38.2 Å². The van der Waals surface area contributed by atoms with Gasteiger partial charge in [-0.25, -0.2) is 4.79 Å². The van der Waals surface area contributed by atoms with E-state index in [1.165, 1.54) is 0 Å². The van der Waals surface area contributed by atoms with E-state index >= 15 is 0 Å². The van der Waals surface area contributed by atoms with E-state index in [1.54, 1.807) is 6.92 Å². The van der Waals surface area contributed by atoms with Crippen molar-refractivity contribution in [1.82, 2.24) is 0 Å². The smallest absolute Gasteiger partial charge is 0.338 e. The van der Waals surface area contributed by atoms with Crippen LogP contribution in [0, 0.1) is 0 Å². The van der Waals surface area contributed by atoms with Gasteiger partial charge in [0.15, 0.2) is 5.60 Å². The minimum absolute atomic E-state index is 0.258. The van der Waals surface area contributed by atoms with Crippen LogP contribution in [0.3, 0.4) is 0 Å². The average molecular weight is 312 g/mol. The quantitative estimate of drug-likeness (QED) is 0.793. The average Bonchev–Trinajstić information content (AvgIpc) is 2.61. The molecular weight excluding hydrogens is 288 g/mol. The van der Waals surface area contributed by atoms with Crippen molar-refractivity contribution in [2.75, 3.05) is 6.61 Å². The standard InChI is InChI=1S/C20H24O3/c1-3-23-19(21)20(22,15-14-17-10-6-4-7-11-17)16(2)18-12-8-5-9-13-18/h4-13,16,22H,3,14-15H2,1-2H3/t16-,20-/m1/s1. The van der Waals surface area contributed by atoms with Gasteiger partial charge in [-0.1, -0.05) is 67.6 Å². The largest absolute Gasteiger partial charge is 0.464 e. The molecule has 2 aromatic rings. The number of carbonyl (C=O) groups is 1. The van der Waals surface area contributed by atoms with Crippen molar-refractivity contribution < 1.29 is 14.6 Å². The molecule has 23 heavy (non-hydrogen) atoms. The highest BCUT2D eigenvalue weighted by molar-refractivity contribution is 5.80. The molecular formula is C20H24O3. The summed E-state index contributed by atoms with van der Waals surface area (Å²) in [6.07, 6.45) is 0.944. The Bertz CT molecular complexity index is 609. The molecule has 0 aromatic heterocycles. The van der Waals surface area contributed by atoms with Crippen LogP contribution < -0.4 is 0 Å². The van der Waals surface area contributed by atoms with E-state index < -0.39 is 11.6 Å². The number of aryl methyl sites for hydroxylation is 1. The Morgan fingerprint density at radius 1 is 1.09 bits per heavy atom. The van der Waals surface area contributed by atoms with E-state index in [9.17, 15) is 9.90 Å². The summed E-state index contributed by atoms with van der Waals surface area (Å²) in [6, 6.07) is 19.5. The third kappa shape index (κ3) is 4.20. The Morgan fingerprint density at radius 2 is 1.65 bits per heavy atom. The van der Waals surface area contributed by atoms with Gasteiger partial charge in [0.1, 0.15) is 0 Å². The van der Waals surface area contributed by atoms with Crippen LogP contribution in [0.1, 0.15) is 37.3 Å². The summed E-state index contributed by atoms with van der Waals surface area (Å²) in [5, 5.41) is 11.1. The van der Waals surface area contributed by atoms with Gasteiger partial charge in [-0.2, -0.15) is 0 Å². The molecule has 0 fully saturated rings. The molecule has 3 heteroatoms. The van der Waals surface area contributed by atoms with Crippen molar-refractivity contribution >= 4 is 5.97 Å². The normalized spacial score (nSPS) is 14.7. The van der Waals surface area contributed by atoms with E-state index in [1.807, 2.05) is 67.6 Å². The molecule has 0 heterocycles. The second-order valence-electron chi connectivity index (χ2n) is 5.76. The Kier molecular flexibility index (Phi) is 5.94. The second-order valence-corrected chi connectivity index (χ2v) is 5.76. The summed E-state index contributed by atoms with van der Waals surface area (Å²) in [5.41, 5.74) is 0.485.